The van der Waals surface area contributed by atoms with Gasteiger partial charge in [-0.15, -0.1) is 0 Å². The van der Waals surface area contributed by atoms with Crippen LogP contribution in [0, 0.1) is 0 Å². The monoisotopic (exact) mass is 362 g/mol. The molecule has 1 aromatic heterocycles. The molecule has 1 fully saturated rings. The highest BCUT2D eigenvalue weighted by atomic mass is 16.5. The van der Waals surface area contributed by atoms with Gasteiger partial charge in [-0.25, -0.2) is 0 Å². The Balaban J connectivity index is 1.52. The van der Waals surface area contributed by atoms with Crippen LogP contribution in [0.25, 0.3) is 11.1 Å². The molecule has 1 aliphatic heterocycles. The number of benzene rings is 2. The third kappa shape index (κ3) is 4.07. The van der Waals surface area contributed by atoms with Crippen molar-refractivity contribution in [1.82, 2.24) is 10.6 Å². The van der Waals surface area contributed by atoms with Crippen LogP contribution in [0.5, 0.6) is 5.75 Å². The molecule has 2 aromatic carbocycles. The molecule has 140 valence electrons. The van der Waals surface area contributed by atoms with E-state index < -0.39 is 0 Å². The van der Waals surface area contributed by atoms with Gasteiger partial charge in [-0.3, -0.25) is 0 Å². The second-order valence-corrected chi connectivity index (χ2v) is 7.01. The first-order chi connectivity index (χ1) is 13.3. The summed E-state index contributed by atoms with van der Waals surface area (Å²) < 4.78 is 10.8. The van der Waals surface area contributed by atoms with Crippen molar-refractivity contribution < 1.29 is 9.15 Å². The van der Waals surface area contributed by atoms with Crippen molar-refractivity contribution in [2.45, 2.75) is 31.5 Å². The van der Waals surface area contributed by atoms with E-state index in [0.29, 0.717) is 12.1 Å². The molecule has 0 radical (unpaired) electrons. The molecule has 4 nitrogen and oxygen atoms in total. The lowest BCUT2D eigenvalue weighted by atomic mass is 9.92. The minimum absolute atomic E-state index is 0.336. The minimum atomic E-state index is 0.336. The maximum atomic E-state index is 5.59. The van der Waals surface area contributed by atoms with Crippen LogP contribution in [0.1, 0.15) is 30.0 Å². The number of hydrogen-bond donors (Lipinski definition) is 2. The molecule has 2 N–H and O–H groups in total. The lowest BCUT2D eigenvalue weighted by Crippen LogP contribution is -2.45. The van der Waals surface area contributed by atoms with E-state index in [-0.39, 0.29) is 0 Å². The molecule has 2 atom stereocenters. The number of nitrogens with one attached hydrogen (secondary N) is 2. The summed E-state index contributed by atoms with van der Waals surface area (Å²) in [6.45, 7) is 1.83. The van der Waals surface area contributed by atoms with Crippen LogP contribution in [0.15, 0.2) is 71.5 Å². The van der Waals surface area contributed by atoms with Crippen LogP contribution >= 0.6 is 0 Å². The minimum Gasteiger partial charge on any atom is -0.496 e. The van der Waals surface area contributed by atoms with Crippen LogP contribution < -0.4 is 15.4 Å². The molecule has 1 aliphatic rings. The third-order valence-electron chi connectivity index (χ3n) is 5.31. The normalized spacial score (nSPS) is 19.7. The van der Waals surface area contributed by atoms with Crippen LogP contribution in [0.4, 0.5) is 0 Å². The summed E-state index contributed by atoms with van der Waals surface area (Å²) in [5.74, 6) is 0.912. The number of piperidine rings is 1. The van der Waals surface area contributed by atoms with Gasteiger partial charge in [0, 0.05) is 29.8 Å². The maximum absolute atomic E-state index is 5.59. The molecule has 0 bridgehead atoms. The van der Waals surface area contributed by atoms with Crippen molar-refractivity contribution in [3.05, 3.63) is 78.3 Å². The van der Waals surface area contributed by atoms with E-state index in [0.717, 1.165) is 42.0 Å². The molecule has 2 heterocycles. The molecular weight excluding hydrogens is 336 g/mol. The van der Waals surface area contributed by atoms with Crippen molar-refractivity contribution in [2.75, 3.05) is 13.7 Å². The molecule has 27 heavy (non-hydrogen) atoms. The van der Waals surface area contributed by atoms with E-state index in [9.17, 15) is 0 Å². The molecule has 0 saturated carbocycles. The highest BCUT2D eigenvalue weighted by molar-refractivity contribution is 5.64. The SMILES string of the molecule is COc1ccc(-c2ccoc2)cc1CNC1CCCNC1c1ccccc1. The van der Waals surface area contributed by atoms with E-state index >= 15 is 0 Å². The average molecular weight is 362 g/mol. The quantitative estimate of drug-likeness (QED) is 0.676. The number of methoxy groups -OCH3 is 1. The molecule has 3 aromatic rings. The zero-order chi connectivity index (χ0) is 18.5. The van der Waals surface area contributed by atoms with Crippen LogP contribution in [-0.2, 0) is 6.54 Å². The Morgan fingerprint density at radius 1 is 1.11 bits per heavy atom. The lowest BCUT2D eigenvalue weighted by Gasteiger charge is -2.34. The van der Waals surface area contributed by atoms with E-state index in [4.69, 9.17) is 9.15 Å². The van der Waals surface area contributed by atoms with Crippen LogP contribution in [0.3, 0.4) is 0 Å². The molecule has 4 heteroatoms. The second-order valence-electron chi connectivity index (χ2n) is 7.01. The fraction of sp³-hybridized carbons (Fsp3) is 0.304. The Hall–Kier alpha value is -2.56. The Morgan fingerprint density at radius 3 is 2.78 bits per heavy atom. The lowest BCUT2D eigenvalue weighted by molar-refractivity contribution is 0.303. The van der Waals surface area contributed by atoms with Crippen LogP contribution in [-0.4, -0.2) is 19.7 Å². The summed E-state index contributed by atoms with van der Waals surface area (Å²) in [7, 11) is 1.73. The van der Waals surface area contributed by atoms with Gasteiger partial charge in [-0.05, 0) is 48.7 Å². The van der Waals surface area contributed by atoms with Crippen molar-refractivity contribution in [2.24, 2.45) is 0 Å². The summed E-state index contributed by atoms with van der Waals surface area (Å²) in [6.07, 6.45) is 5.83. The van der Waals surface area contributed by atoms with Gasteiger partial charge in [0.05, 0.1) is 19.6 Å². The molecule has 1 saturated heterocycles. The van der Waals surface area contributed by atoms with Gasteiger partial charge < -0.3 is 19.8 Å². The first kappa shape index (κ1) is 17.8. The molecule has 0 spiro atoms. The summed E-state index contributed by atoms with van der Waals surface area (Å²) in [5, 5.41) is 7.45. The fourth-order valence-electron chi connectivity index (χ4n) is 3.88. The van der Waals surface area contributed by atoms with Crippen molar-refractivity contribution in [1.29, 1.82) is 0 Å². The van der Waals surface area contributed by atoms with E-state index in [1.54, 1.807) is 19.6 Å². The molecule has 4 rings (SSSR count). The van der Waals surface area contributed by atoms with Gasteiger partial charge in [0.15, 0.2) is 0 Å². The largest absolute Gasteiger partial charge is 0.496 e. The van der Waals surface area contributed by atoms with Crippen molar-refractivity contribution >= 4 is 0 Å². The Kier molecular flexibility index (Phi) is 5.56. The highest BCUT2D eigenvalue weighted by Gasteiger charge is 2.25. The van der Waals surface area contributed by atoms with Gasteiger partial charge in [-0.2, -0.15) is 0 Å². The van der Waals surface area contributed by atoms with E-state index in [2.05, 4.69) is 53.1 Å². The molecule has 2 unspecified atom stereocenters. The second kappa shape index (κ2) is 8.42. The molecule has 0 aliphatic carbocycles. The van der Waals surface area contributed by atoms with Gasteiger partial charge in [0.25, 0.3) is 0 Å². The zero-order valence-corrected chi connectivity index (χ0v) is 15.7. The van der Waals surface area contributed by atoms with E-state index in [1.807, 2.05) is 12.1 Å². The Morgan fingerprint density at radius 2 is 2.00 bits per heavy atom. The number of furan rings is 1. The van der Waals surface area contributed by atoms with Gasteiger partial charge in [0.2, 0.25) is 0 Å². The fourth-order valence-corrected chi connectivity index (χ4v) is 3.88. The van der Waals surface area contributed by atoms with E-state index in [1.165, 1.54) is 12.0 Å². The van der Waals surface area contributed by atoms with Crippen LogP contribution in [0.2, 0.25) is 0 Å². The van der Waals surface area contributed by atoms with Crippen molar-refractivity contribution in [3.63, 3.8) is 0 Å². The molecule has 0 amide bonds. The standard InChI is InChI=1S/C23H26N2O2/c1-26-22-10-9-18(19-11-13-27-16-19)14-20(22)15-25-21-8-5-12-24-23(21)17-6-3-2-4-7-17/h2-4,6-7,9-11,13-14,16,21,23-25H,5,8,12,15H2,1H3. The topological polar surface area (TPSA) is 46.4 Å². The third-order valence-corrected chi connectivity index (χ3v) is 5.31. The zero-order valence-electron chi connectivity index (χ0n) is 15.7. The van der Waals surface area contributed by atoms with Gasteiger partial charge in [0.1, 0.15) is 5.75 Å². The Labute approximate surface area is 160 Å². The average Bonchev–Trinajstić information content (AvgIpc) is 3.28. The summed E-state index contributed by atoms with van der Waals surface area (Å²) in [5.41, 5.74) is 4.73. The molecular formula is C23H26N2O2. The first-order valence-corrected chi connectivity index (χ1v) is 9.56. The highest BCUT2D eigenvalue weighted by Crippen LogP contribution is 2.28. The number of hydrogen-bond acceptors (Lipinski definition) is 4. The predicted octanol–water partition coefficient (Wildman–Crippen LogP) is 4.54. The summed E-state index contributed by atoms with van der Waals surface area (Å²) >= 11 is 0. The van der Waals surface area contributed by atoms with Gasteiger partial charge >= 0.3 is 0 Å². The summed E-state index contributed by atoms with van der Waals surface area (Å²) in [6, 6.07) is 19.7. The van der Waals surface area contributed by atoms with Crippen molar-refractivity contribution in [3.8, 4) is 16.9 Å². The first-order valence-electron chi connectivity index (χ1n) is 9.56. The number of ether oxygens (including phenoxy) is 1. The van der Waals surface area contributed by atoms with Gasteiger partial charge in [-0.1, -0.05) is 36.4 Å². The number of rotatable bonds is 6. The smallest absolute Gasteiger partial charge is 0.123 e. The predicted molar refractivity (Wildman–Crippen MR) is 108 cm³/mol. The summed E-state index contributed by atoms with van der Waals surface area (Å²) in [4.78, 5) is 0. The maximum Gasteiger partial charge on any atom is 0.123 e. The Bertz CT molecular complexity index is 846.